The highest BCUT2D eigenvalue weighted by atomic mass is 16.6. The highest BCUT2D eigenvalue weighted by molar-refractivity contribution is 5.69. The molecule has 0 saturated carbocycles. The van der Waals surface area contributed by atoms with Crippen molar-refractivity contribution in [3.05, 3.63) is 53.8 Å². The van der Waals surface area contributed by atoms with Crippen LogP contribution in [0.3, 0.4) is 0 Å². The number of morpholine rings is 1. The molecule has 1 saturated heterocycles. The van der Waals surface area contributed by atoms with Crippen molar-refractivity contribution in [1.29, 1.82) is 0 Å². The lowest BCUT2D eigenvalue weighted by Crippen LogP contribution is -2.49. The minimum absolute atomic E-state index is 0.0687. The first kappa shape index (κ1) is 19.8. The van der Waals surface area contributed by atoms with E-state index in [-0.39, 0.29) is 18.4 Å². The number of aryl methyl sites for hydroxylation is 1. The van der Waals surface area contributed by atoms with Crippen molar-refractivity contribution >= 4 is 6.09 Å². The Balaban J connectivity index is 1.33. The maximum Gasteiger partial charge on any atom is 0.428 e. The predicted octanol–water partition coefficient (Wildman–Crippen LogP) is 2.35. The molecule has 10 heteroatoms. The number of nitrogens with one attached hydrogen (secondary N) is 1. The Morgan fingerprint density at radius 2 is 1.83 bits per heavy atom. The molecule has 1 aliphatic heterocycles. The molecule has 4 rings (SSSR count). The van der Waals surface area contributed by atoms with Gasteiger partial charge in [0, 0.05) is 30.8 Å². The number of amides is 1. The third-order valence-electron chi connectivity index (χ3n) is 4.47. The van der Waals surface area contributed by atoms with E-state index in [1.807, 2.05) is 37.3 Å². The fourth-order valence-electron chi connectivity index (χ4n) is 2.89. The molecule has 2 aromatic heterocycles. The van der Waals surface area contributed by atoms with Crippen molar-refractivity contribution in [3.8, 4) is 23.0 Å². The van der Waals surface area contributed by atoms with Crippen molar-refractivity contribution in [2.75, 3.05) is 26.3 Å². The molecular weight excluding hydrogens is 390 g/mol. The molecule has 156 valence electrons. The first-order valence-electron chi connectivity index (χ1n) is 9.47. The summed E-state index contributed by atoms with van der Waals surface area (Å²) >= 11 is 0. The van der Waals surface area contributed by atoms with Gasteiger partial charge in [0.1, 0.15) is 18.1 Å². The summed E-state index contributed by atoms with van der Waals surface area (Å²) in [6.07, 6.45) is -0.632. The largest absolute Gasteiger partial charge is 0.471 e. The summed E-state index contributed by atoms with van der Waals surface area (Å²) in [6, 6.07) is 12.8. The Morgan fingerprint density at radius 1 is 1.10 bits per heavy atom. The van der Waals surface area contributed by atoms with Gasteiger partial charge in [0.15, 0.2) is 0 Å². The van der Waals surface area contributed by atoms with Crippen LogP contribution in [0.2, 0.25) is 0 Å². The second-order valence-corrected chi connectivity index (χ2v) is 6.53. The quantitative estimate of drug-likeness (QED) is 0.653. The fourth-order valence-corrected chi connectivity index (χ4v) is 2.89. The molecule has 1 N–H and O–H groups in total. The van der Waals surface area contributed by atoms with Gasteiger partial charge < -0.3 is 18.7 Å². The minimum atomic E-state index is -0.632. The number of ether oxygens (including phenoxy) is 3. The Morgan fingerprint density at radius 3 is 2.57 bits per heavy atom. The van der Waals surface area contributed by atoms with Gasteiger partial charge in [0.2, 0.25) is 11.8 Å². The number of rotatable bonds is 6. The van der Waals surface area contributed by atoms with E-state index in [0.29, 0.717) is 32.1 Å². The summed E-state index contributed by atoms with van der Waals surface area (Å²) < 4.78 is 21.4. The van der Waals surface area contributed by atoms with E-state index in [4.69, 9.17) is 18.7 Å². The predicted molar refractivity (Wildman–Crippen MR) is 105 cm³/mol. The summed E-state index contributed by atoms with van der Waals surface area (Å²) in [7, 11) is 0. The van der Waals surface area contributed by atoms with Crippen LogP contribution in [0.5, 0.6) is 11.8 Å². The first-order valence-corrected chi connectivity index (χ1v) is 9.47. The van der Waals surface area contributed by atoms with Crippen molar-refractivity contribution in [2.24, 2.45) is 0 Å². The van der Waals surface area contributed by atoms with Crippen molar-refractivity contribution in [1.82, 2.24) is 25.8 Å². The Kier molecular flexibility index (Phi) is 6.16. The molecule has 0 radical (unpaired) electrons. The van der Waals surface area contributed by atoms with E-state index in [0.717, 1.165) is 16.8 Å². The molecular formula is C20H21N5O5. The normalized spacial score (nSPS) is 14.3. The Labute approximate surface area is 172 Å². The van der Waals surface area contributed by atoms with Crippen molar-refractivity contribution in [2.45, 2.75) is 13.5 Å². The smallest absolute Gasteiger partial charge is 0.428 e. The zero-order chi connectivity index (χ0) is 20.8. The molecule has 3 heterocycles. The number of nitrogens with zero attached hydrogens (tertiary/aromatic N) is 4. The SMILES string of the molecule is Cc1onc(-c2ccccc2)c1COc1ccc(OC(=O)NN2CCOCC2)nn1. The van der Waals surface area contributed by atoms with Gasteiger partial charge in [-0.15, -0.1) is 10.2 Å². The number of benzene rings is 1. The summed E-state index contributed by atoms with van der Waals surface area (Å²) in [4.78, 5) is 11.9. The number of carbonyl (C=O) groups is 1. The average molecular weight is 411 g/mol. The van der Waals surface area contributed by atoms with Gasteiger partial charge in [-0.2, -0.15) is 0 Å². The van der Waals surface area contributed by atoms with Crippen LogP contribution in [0.4, 0.5) is 4.79 Å². The topological polar surface area (TPSA) is 112 Å². The molecule has 10 nitrogen and oxygen atoms in total. The molecule has 30 heavy (non-hydrogen) atoms. The van der Waals surface area contributed by atoms with Gasteiger partial charge in [-0.1, -0.05) is 35.5 Å². The Hall–Kier alpha value is -3.50. The third kappa shape index (κ3) is 4.91. The maximum absolute atomic E-state index is 11.9. The van der Waals surface area contributed by atoms with Gasteiger partial charge >= 0.3 is 6.09 Å². The van der Waals surface area contributed by atoms with Crippen LogP contribution in [-0.4, -0.2) is 52.8 Å². The molecule has 0 aliphatic carbocycles. The van der Waals surface area contributed by atoms with Crippen molar-refractivity contribution in [3.63, 3.8) is 0 Å². The zero-order valence-corrected chi connectivity index (χ0v) is 16.4. The number of hydrazine groups is 1. The van der Waals surface area contributed by atoms with Crippen LogP contribution in [0.25, 0.3) is 11.3 Å². The second kappa shape index (κ2) is 9.33. The van der Waals surface area contributed by atoms with Gasteiger partial charge in [0.05, 0.1) is 18.8 Å². The van der Waals surface area contributed by atoms with E-state index in [9.17, 15) is 4.79 Å². The van der Waals surface area contributed by atoms with Crippen molar-refractivity contribution < 1.29 is 23.5 Å². The number of carbonyl (C=O) groups excluding carboxylic acids is 1. The molecule has 1 aromatic carbocycles. The van der Waals surface area contributed by atoms with E-state index in [1.165, 1.54) is 6.07 Å². The minimum Gasteiger partial charge on any atom is -0.471 e. The number of hydrogen-bond acceptors (Lipinski definition) is 9. The molecule has 0 spiro atoms. The standard InChI is InChI=1S/C20H21N5O5/c1-14-16(19(24-30-14)15-5-3-2-4-6-15)13-28-17-7-8-18(22-21-17)29-20(26)23-25-9-11-27-12-10-25/h2-8H,9-13H2,1H3,(H,23,26). The lowest BCUT2D eigenvalue weighted by atomic mass is 10.1. The van der Waals surface area contributed by atoms with Gasteiger partial charge in [-0.05, 0) is 6.92 Å². The number of hydrogen-bond donors (Lipinski definition) is 1. The molecule has 1 amide bonds. The monoisotopic (exact) mass is 411 g/mol. The summed E-state index contributed by atoms with van der Waals surface area (Å²) in [5, 5.41) is 13.7. The van der Waals surface area contributed by atoms with Crippen LogP contribution in [0, 0.1) is 6.92 Å². The lowest BCUT2D eigenvalue weighted by molar-refractivity contribution is 0.0151. The Bertz CT molecular complexity index is 971. The van der Waals surface area contributed by atoms with Gasteiger partial charge in [-0.25, -0.2) is 9.80 Å². The molecule has 0 unspecified atom stereocenters. The second-order valence-electron chi connectivity index (χ2n) is 6.53. The molecule has 0 bridgehead atoms. The van der Waals surface area contributed by atoms with Gasteiger partial charge in [-0.3, -0.25) is 5.43 Å². The van der Waals surface area contributed by atoms with Gasteiger partial charge in [0.25, 0.3) is 0 Å². The van der Waals surface area contributed by atoms with Crippen LogP contribution in [0.15, 0.2) is 47.0 Å². The summed E-state index contributed by atoms with van der Waals surface area (Å²) in [5.74, 6) is 1.02. The molecule has 3 aromatic rings. The highest BCUT2D eigenvalue weighted by Crippen LogP contribution is 2.26. The van der Waals surface area contributed by atoms with Crippen LogP contribution >= 0.6 is 0 Å². The van der Waals surface area contributed by atoms with E-state index in [1.54, 1.807) is 11.1 Å². The molecule has 0 atom stereocenters. The van der Waals surface area contributed by atoms with E-state index >= 15 is 0 Å². The zero-order valence-electron chi connectivity index (χ0n) is 16.4. The summed E-state index contributed by atoms with van der Waals surface area (Å²) in [5.41, 5.74) is 5.12. The number of aromatic nitrogens is 3. The van der Waals surface area contributed by atoms with E-state index < -0.39 is 6.09 Å². The average Bonchev–Trinajstić information content (AvgIpc) is 3.15. The van der Waals surface area contributed by atoms with Crippen LogP contribution < -0.4 is 14.9 Å². The summed E-state index contributed by atoms with van der Waals surface area (Å²) in [6.45, 7) is 4.36. The lowest BCUT2D eigenvalue weighted by Gasteiger charge is -2.26. The highest BCUT2D eigenvalue weighted by Gasteiger charge is 2.17. The first-order chi connectivity index (χ1) is 14.7. The van der Waals surface area contributed by atoms with E-state index in [2.05, 4.69) is 20.8 Å². The maximum atomic E-state index is 11.9. The molecule has 1 aliphatic rings. The van der Waals surface area contributed by atoms with Crippen LogP contribution in [-0.2, 0) is 11.3 Å². The molecule has 1 fully saturated rings. The third-order valence-corrected chi connectivity index (χ3v) is 4.47. The fraction of sp³-hybridized carbons (Fsp3) is 0.300. The van der Waals surface area contributed by atoms with Crippen LogP contribution in [0.1, 0.15) is 11.3 Å².